The number of aryl methyl sites for hydroxylation is 1. The van der Waals surface area contributed by atoms with Gasteiger partial charge in [-0.2, -0.15) is 0 Å². The van der Waals surface area contributed by atoms with Crippen LogP contribution in [0.25, 0.3) is 0 Å². The smallest absolute Gasteiger partial charge is 0.254 e. The number of carbonyl (C=O) groups excluding carboxylic acids is 1. The minimum absolute atomic E-state index is 0.140. The van der Waals surface area contributed by atoms with E-state index in [2.05, 4.69) is 6.92 Å². The van der Waals surface area contributed by atoms with Crippen molar-refractivity contribution in [2.45, 2.75) is 13.3 Å². The molecule has 1 amide bonds. The second-order valence-electron chi connectivity index (χ2n) is 3.92. The number of amides is 1. The lowest BCUT2D eigenvalue weighted by molar-refractivity contribution is 0.0302. The fraction of sp³-hybridized carbons (Fsp3) is 0.462. The molecular formula is C13H17NO2. The van der Waals surface area contributed by atoms with Crippen LogP contribution in [0.5, 0.6) is 0 Å². The Morgan fingerprint density at radius 1 is 1.31 bits per heavy atom. The zero-order valence-corrected chi connectivity index (χ0v) is 9.61. The average Bonchev–Trinajstić information content (AvgIpc) is 2.39. The topological polar surface area (TPSA) is 29.5 Å². The van der Waals surface area contributed by atoms with Crippen LogP contribution >= 0.6 is 0 Å². The van der Waals surface area contributed by atoms with Gasteiger partial charge in [-0.1, -0.05) is 25.1 Å². The summed E-state index contributed by atoms with van der Waals surface area (Å²) in [5.41, 5.74) is 1.96. The van der Waals surface area contributed by atoms with Gasteiger partial charge < -0.3 is 9.64 Å². The summed E-state index contributed by atoms with van der Waals surface area (Å²) in [6.07, 6.45) is 0.895. The van der Waals surface area contributed by atoms with Crippen LogP contribution in [0.15, 0.2) is 24.3 Å². The number of hydrogen-bond donors (Lipinski definition) is 0. The van der Waals surface area contributed by atoms with E-state index >= 15 is 0 Å². The van der Waals surface area contributed by atoms with Crippen molar-refractivity contribution in [2.24, 2.45) is 0 Å². The van der Waals surface area contributed by atoms with Crippen LogP contribution in [0.1, 0.15) is 22.8 Å². The van der Waals surface area contributed by atoms with E-state index in [9.17, 15) is 4.79 Å². The van der Waals surface area contributed by atoms with E-state index in [4.69, 9.17) is 4.74 Å². The largest absolute Gasteiger partial charge is 0.378 e. The molecule has 86 valence electrons. The zero-order chi connectivity index (χ0) is 11.4. The molecule has 1 heterocycles. The van der Waals surface area contributed by atoms with Crippen LogP contribution in [0.3, 0.4) is 0 Å². The van der Waals surface area contributed by atoms with Gasteiger partial charge in [-0.05, 0) is 18.1 Å². The third-order valence-electron chi connectivity index (χ3n) is 2.93. The van der Waals surface area contributed by atoms with E-state index in [-0.39, 0.29) is 5.91 Å². The van der Waals surface area contributed by atoms with Crippen molar-refractivity contribution in [3.63, 3.8) is 0 Å². The molecule has 0 aromatic heterocycles. The van der Waals surface area contributed by atoms with Gasteiger partial charge in [-0.3, -0.25) is 4.79 Å². The van der Waals surface area contributed by atoms with Gasteiger partial charge in [0.25, 0.3) is 5.91 Å². The van der Waals surface area contributed by atoms with Gasteiger partial charge in [0, 0.05) is 18.7 Å². The fourth-order valence-corrected chi connectivity index (χ4v) is 1.97. The highest BCUT2D eigenvalue weighted by Gasteiger charge is 2.19. The van der Waals surface area contributed by atoms with E-state index in [1.165, 1.54) is 0 Å². The predicted molar refractivity (Wildman–Crippen MR) is 62.5 cm³/mol. The summed E-state index contributed by atoms with van der Waals surface area (Å²) in [6, 6.07) is 7.84. The number of nitrogens with zero attached hydrogens (tertiary/aromatic N) is 1. The molecule has 0 N–H and O–H groups in total. The van der Waals surface area contributed by atoms with E-state index in [0.717, 1.165) is 17.5 Å². The molecule has 2 rings (SSSR count). The summed E-state index contributed by atoms with van der Waals surface area (Å²) >= 11 is 0. The molecule has 1 aliphatic rings. The first-order valence-corrected chi connectivity index (χ1v) is 5.78. The van der Waals surface area contributed by atoms with Crippen molar-refractivity contribution in [1.82, 2.24) is 4.90 Å². The van der Waals surface area contributed by atoms with Gasteiger partial charge >= 0.3 is 0 Å². The summed E-state index contributed by atoms with van der Waals surface area (Å²) in [7, 11) is 0. The van der Waals surface area contributed by atoms with Gasteiger partial charge in [0.15, 0.2) is 0 Å². The lowest BCUT2D eigenvalue weighted by Gasteiger charge is -2.27. The number of morpholine rings is 1. The maximum Gasteiger partial charge on any atom is 0.254 e. The number of ether oxygens (including phenoxy) is 1. The van der Waals surface area contributed by atoms with Crippen LogP contribution in [0, 0.1) is 0 Å². The third-order valence-corrected chi connectivity index (χ3v) is 2.93. The Labute approximate surface area is 96.0 Å². The second kappa shape index (κ2) is 5.12. The molecule has 1 saturated heterocycles. The molecule has 1 aromatic carbocycles. The Hall–Kier alpha value is -1.35. The van der Waals surface area contributed by atoms with Crippen LogP contribution in [0.4, 0.5) is 0 Å². The Morgan fingerprint density at radius 3 is 2.69 bits per heavy atom. The van der Waals surface area contributed by atoms with Crippen molar-refractivity contribution in [2.75, 3.05) is 26.3 Å². The normalized spacial score (nSPS) is 16.2. The molecule has 1 fully saturated rings. The van der Waals surface area contributed by atoms with E-state index in [0.29, 0.717) is 26.3 Å². The number of rotatable bonds is 2. The minimum atomic E-state index is 0.140. The Morgan fingerprint density at radius 2 is 2.00 bits per heavy atom. The van der Waals surface area contributed by atoms with Crippen molar-refractivity contribution in [3.05, 3.63) is 35.4 Å². The van der Waals surface area contributed by atoms with Gasteiger partial charge in [0.05, 0.1) is 13.2 Å². The maximum atomic E-state index is 12.2. The molecule has 0 aliphatic carbocycles. The maximum absolute atomic E-state index is 12.2. The molecular weight excluding hydrogens is 202 g/mol. The summed E-state index contributed by atoms with van der Waals surface area (Å²) in [5.74, 6) is 0.140. The molecule has 3 heteroatoms. The fourth-order valence-electron chi connectivity index (χ4n) is 1.97. The van der Waals surface area contributed by atoms with Crippen molar-refractivity contribution in [1.29, 1.82) is 0 Å². The predicted octanol–water partition coefficient (Wildman–Crippen LogP) is 1.72. The average molecular weight is 219 g/mol. The first kappa shape index (κ1) is 11.1. The molecule has 0 saturated carbocycles. The van der Waals surface area contributed by atoms with Crippen LogP contribution < -0.4 is 0 Å². The third kappa shape index (κ3) is 2.25. The summed E-state index contributed by atoms with van der Waals surface area (Å²) < 4.78 is 5.25. The van der Waals surface area contributed by atoms with E-state index in [1.807, 2.05) is 29.2 Å². The Bertz CT molecular complexity index is 370. The highest BCUT2D eigenvalue weighted by molar-refractivity contribution is 5.95. The van der Waals surface area contributed by atoms with Crippen LogP contribution in [-0.4, -0.2) is 37.1 Å². The zero-order valence-electron chi connectivity index (χ0n) is 9.61. The monoisotopic (exact) mass is 219 g/mol. The standard InChI is InChI=1S/C13H17NO2/c1-2-11-5-3-4-6-12(11)13(15)14-7-9-16-10-8-14/h3-6H,2,7-10H2,1H3. The first-order valence-electron chi connectivity index (χ1n) is 5.78. The summed E-state index contributed by atoms with van der Waals surface area (Å²) in [4.78, 5) is 14.1. The highest BCUT2D eigenvalue weighted by atomic mass is 16.5. The SMILES string of the molecule is CCc1ccccc1C(=O)N1CCOCC1. The lowest BCUT2D eigenvalue weighted by Crippen LogP contribution is -2.41. The minimum Gasteiger partial charge on any atom is -0.378 e. The number of benzene rings is 1. The second-order valence-corrected chi connectivity index (χ2v) is 3.92. The highest BCUT2D eigenvalue weighted by Crippen LogP contribution is 2.13. The Kier molecular flexibility index (Phi) is 3.57. The van der Waals surface area contributed by atoms with E-state index < -0.39 is 0 Å². The molecule has 16 heavy (non-hydrogen) atoms. The molecule has 1 aromatic rings. The molecule has 0 unspecified atom stereocenters. The van der Waals surface area contributed by atoms with Gasteiger partial charge in [0.2, 0.25) is 0 Å². The lowest BCUT2D eigenvalue weighted by atomic mass is 10.0. The Balaban J connectivity index is 2.19. The van der Waals surface area contributed by atoms with Crippen molar-refractivity contribution in [3.8, 4) is 0 Å². The molecule has 0 bridgehead atoms. The molecule has 1 aliphatic heterocycles. The van der Waals surface area contributed by atoms with Crippen LogP contribution in [-0.2, 0) is 11.2 Å². The molecule has 3 nitrogen and oxygen atoms in total. The molecule has 0 atom stereocenters. The van der Waals surface area contributed by atoms with Crippen molar-refractivity contribution >= 4 is 5.91 Å². The van der Waals surface area contributed by atoms with Gasteiger partial charge in [-0.15, -0.1) is 0 Å². The van der Waals surface area contributed by atoms with Gasteiger partial charge in [-0.25, -0.2) is 0 Å². The van der Waals surface area contributed by atoms with E-state index in [1.54, 1.807) is 0 Å². The molecule has 0 spiro atoms. The van der Waals surface area contributed by atoms with Crippen LogP contribution in [0.2, 0.25) is 0 Å². The quantitative estimate of drug-likeness (QED) is 0.758. The van der Waals surface area contributed by atoms with Gasteiger partial charge in [0.1, 0.15) is 0 Å². The first-order chi connectivity index (χ1) is 7.83. The number of hydrogen-bond acceptors (Lipinski definition) is 2. The summed E-state index contributed by atoms with van der Waals surface area (Å²) in [5, 5.41) is 0. The molecule has 0 radical (unpaired) electrons. The summed E-state index contributed by atoms with van der Waals surface area (Å²) in [6.45, 7) is 4.79. The number of carbonyl (C=O) groups is 1. The van der Waals surface area contributed by atoms with Crippen molar-refractivity contribution < 1.29 is 9.53 Å².